The van der Waals surface area contributed by atoms with Crippen molar-refractivity contribution in [3.63, 3.8) is 0 Å². The number of piperidine rings is 1. The Balaban J connectivity index is 1.30. The second kappa shape index (κ2) is 11.2. The molecule has 1 aromatic carbocycles. The number of rotatable bonds is 8. The van der Waals surface area contributed by atoms with E-state index in [4.69, 9.17) is 0 Å². The van der Waals surface area contributed by atoms with Gasteiger partial charge >= 0.3 is 0 Å². The lowest BCUT2D eigenvalue weighted by molar-refractivity contribution is 0.298. The Hall–Kier alpha value is -4.00. The van der Waals surface area contributed by atoms with Crippen LogP contribution in [0.1, 0.15) is 18.5 Å². The molecule has 0 atom stereocenters. The van der Waals surface area contributed by atoms with Crippen molar-refractivity contribution >= 4 is 33.3 Å². The highest BCUT2D eigenvalue weighted by atomic mass is 32.2. The van der Waals surface area contributed by atoms with Crippen LogP contribution >= 0.6 is 0 Å². The summed E-state index contributed by atoms with van der Waals surface area (Å²) in [6.45, 7) is 2.90. The fourth-order valence-corrected chi connectivity index (χ4v) is 5.75. The van der Waals surface area contributed by atoms with Gasteiger partial charge < -0.3 is 16.0 Å². The normalized spacial score (nSPS) is 14.8. The summed E-state index contributed by atoms with van der Waals surface area (Å²) in [5.74, 6) is 1.88. The maximum Gasteiger partial charge on any atom is 0.243 e. The smallest absolute Gasteiger partial charge is 0.243 e. The Morgan fingerprint density at radius 3 is 2.37 bits per heavy atom. The van der Waals surface area contributed by atoms with Crippen molar-refractivity contribution in [1.82, 2.24) is 34.5 Å². The quantitative estimate of drug-likeness (QED) is 0.310. The number of nitrogens with zero attached hydrogens (tertiary/aromatic N) is 6. The van der Waals surface area contributed by atoms with Crippen LogP contribution in [0.25, 0.3) is 11.5 Å². The van der Waals surface area contributed by atoms with Crippen molar-refractivity contribution in [3.05, 3.63) is 72.7 Å². The number of aryl methyl sites for hydroxylation is 1. The molecule has 1 aliphatic heterocycles. The van der Waals surface area contributed by atoms with E-state index in [2.05, 4.69) is 40.9 Å². The summed E-state index contributed by atoms with van der Waals surface area (Å²) >= 11 is 0. The van der Waals surface area contributed by atoms with Crippen LogP contribution in [0.2, 0.25) is 0 Å². The van der Waals surface area contributed by atoms with Crippen LogP contribution in [0.15, 0.2) is 71.9 Å². The molecule has 0 radical (unpaired) electrons. The minimum atomic E-state index is -3.59. The zero-order chi connectivity index (χ0) is 26.5. The molecule has 12 heteroatoms. The van der Waals surface area contributed by atoms with E-state index in [0.29, 0.717) is 53.9 Å². The van der Waals surface area contributed by atoms with Crippen molar-refractivity contribution in [1.29, 1.82) is 0 Å². The number of aromatic nitrogens is 5. The standard InChI is InChI=1S/C26H29N9O2S/c1-18-5-3-8-22(30-18)25-28-13-9-23(33-25)32-24-10-14-29-26(34-24)31-20-6-4-7-21(17-20)38(36,37)35-15-11-19(27-2)12-16-35/h3-10,13-14,17,19,27H,11-12,15-16H2,1-2H3,(H2,28,29,31,32,33,34). The molecule has 0 unspecified atom stereocenters. The van der Waals surface area contributed by atoms with Gasteiger partial charge in [-0.25, -0.2) is 28.4 Å². The lowest BCUT2D eigenvalue weighted by Gasteiger charge is -2.31. The summed E-state index contributed by atoms with van der Waals surface area (Å²) < 4.78 is 28.0. The van der Waals surface area contributed by atoms with E-state index in [1.54, 1.807) is 53.1 Å². The van der Waals surface area contributed by atoms with Gasteiger partial charge in [0.05, 0.1) is 4.90 Å². The predicted molar refractivity (Wildman–Crippen MR) is 146 cm³/mol. The molecule has 196 valence electrons. The molecular weight excluding hydrogens is 502 g/mol. The van der Waals surface area contributed by atoms with E-state index in [9.17, 15) is 8.42 Å². The summed E-state index contributed by atoms with van der Waals surface area (Å²) in [7, 11) is -1.69. The first-order chi connectivity index (χ1) is 18.4. The van der Waals surface area contributed by atoms with Gasteiger partial charge in [0.25, 0.3) is 0 Å². The van der Waals surface area contributed by atoms with Crippen molar-refractivity contribution in [3.8, 4) is 11.5 Å². The number of hydrogen-bond donors (Lipinski definition) is 3. The zero-order valence-corrected chi connectivity index (χ0v) is 22.0. The van der Waals surface area contributed by atoms with Crippen molar-refractivity contribution < 1.29 is 8.42 Å². The third kappa shape index (κ3) is 5.93. The predicted octanol–water partition coefficient (Wildman–Crippen LogP) is 3.50. The Bertz CT molecular complexity index is 1520. The minimum absolute atomic E-state index is 0.234. The van der Waals surface area contributed by atoms with Gasteiger partial charge in [0.15, 0.2) is 5.82 Å². The molecule has 0 aliphatic carbocycles. The SMILES string of the molecule is CNC1CCN(S(=O)(=O)c2cccc(Nc3nccc(Nc4ccnc(-c5cccc(C)n5)n4)n3)c2)CC1. The molecule has 1 fully saturated rings. The molecular formula is C26H29N9O2S. The van der Waals surface area contributed by atoms with E-state index < -0.39 is 10.0 Å². The van der Waals surface area contributed by atoms with Crippen LogP contribution in [-0.4, -0.2) is 63.8 Å². The fraction of sp³-hybridized carbons (Fsp3) is 0.269. The maximum absolute atomic E-state index is 13.2. The molecule has 4 heterocycles. The first-order valence-electron chi connectivity index (χ1n) is 12.3. The minimum Gasteiger partial charge on any atom is -0.325 e. The number of pyridine rings is 1. The monoisotopic (exact) mass is 531 g/mol. The second-order valence-electron chi connectivity index (χ2n) is 8.94. The largest absolute Gasteiger partial charge is 0.325 e. The summed E-state index contributed by atoms with van der Waals surface area (Å²) in [5, 5.41) is 9.49. The highest BCUT2D eigenvalue weighted by Crippen LogP contribution is 2.25. The van der Waals surface area contributed by atoms with Gasteiger partial charge in [-0.05, 0) is 69.3 Å². The molecule has 1 aliphatic rings. The number of anilines is 4. The number of nitrogens with one attached hydrogen (secondary N) is 3. The van der Waals surface area contributed by atoms with Crippen molar-refractivity contribution in [2.24, 2.45) is 0 Å². The molecule has 3 aromatic heterocycles. The summed E-state index contributed by atoms with van der Waals surface area (Å²) in [6.07, 6.45) is 4.84. The van der Waals surface area contributed by atoms with Gasteiger partial charge in [-0.2, -0.15) is 9.29 Å². The van der Waals surface area contributed by atoms with Gasteiger partial charge in [-0.1, -0.05) is 12.1 Å². The Labute approximate surface area is 221 Å². The summed E-state index contributed by atoms with van der Waals surface area (Å²) in [4.78, 5) is 22.4. The topological polar surface area (TPSA) is 138 Å². The molecule has 0 amide bonds. The first-order valence-corrected chi connectivity index (χ1v) is 13.8. The molecule has 11 nitrogen and oxygen atoms in total. The van der Waals surface area contributed by atoms with Crippen LogP contribution in [-0.2, 0) is 10.0 Å². The Kier molecular flexibility index (Phi) is 7.54. The fourth-order valence-electron chi connectivity index (χ4n) is 4.24. The van der Waals surface area contributed by atoms with Crippen LogP contribution < -0.4 is 16.0 Å². The van der Waals surface area contributed by atoms with Crippen molar-refractivity contribution in [2.45, 2.75) is 30.7 Å². The van der Waals surface area contributed by atoms with Gasteiger partial charge in [0, 0.05) is 42.9 Å². The van der Waals surface area contributed by atoms with E-state index >= 15 is 0 Å². The van der Waals surface area contributed by atoms with Crippen LogP contribution in [0.3, 0.4) is 0 Å². The molecule has 0 saturated carbocycles. The first kappa shape index (κ1) is 25.6. The third-order valence-corrected chi connectivity index (χ3v) is 8.17. The van der Waals surface area contributed by atoms with Gasteiger partial charge in [0.2, 0.25) is 16.0 Å². The van der Waals surface area contributed by atoms with Gasteiger partial charge in [0.1, 0.15) is 17.3 Å². The molecule has 0 spiro atoms. The van der Waals surface area contributed by atoms with Gasteiger partial charge in [-0.3, -0.25) is 0 Å². The van der Waals surface area contributed by atoms with Crippen LogP contribution in [0.4, 0.5) is 23.3 Å². The number of benzene rings is 1. The van der Waals surface area contributed by atoms with Crippen LogP contribution in [0, 0.1) is 6.92 Å². The maximum atomic E-state index is 13.2. The highest BCUT2D eigenvalue weighted by molar-refractivity contribution is 7.89. The Morgan fingerprint density at radius 2 is 1.61 bits per heavy atom. The molecule has 0 bridgehead atoms. The highest BCUT2D eigenvalue weighted by Gasteiger charge is 2.29. The third-order valence-electron chi connectivity index (χ3n) is 6.27. The molecule has 1 saturated heterocycles. The summed E-state index contributed by atoms with van der Waals surface area (Å²) in [5.41, 5.74) is 2.13. The van der Waals surface area contributed by atoms with E-state index in [1.807, 2.05) is 32.2 Å². The molecule has 3 N–H and O–H groups in total. The number of sulfonamides is 1. The second-order valence-corrected chi connectivity index (χ2v) is 10.9. The zero-order valence-electron chi connectivity index (χ0n) is 21.2. The van der Waals surface area contributed by atoms with E-state index in [-0.39, 0.29) is 4.90 Å². The van der Waals surface area contributed by atoms with Crippen molar-refractivity contribution in [2.75, 3.05) is 30.8 Å². The number of hydrogen-bond acceptors (Lipinski definition) is 10. The average Bonchev–Trinajstić information content (AvgIpc) is 2.93. The van der Waals surface area contributed by atoms with Crippen LogP contribution in [0.5, 0.6) is 0 Å². The van der Waals surface area contributed by atoms with E-state index in [0.717, 1.165) is 18.5 Å². The summed E-state index contributed by atoms with van der Waals surface area (Å²) in [6, 6.07) is 16.2. The lowest BCUT2D eigenvalue weighted by atomic mass is 10.1. The average molecular weight is 532 g/mol. The molecule has 4 aromatic rings. The Morgan fingerprint density at radius 1 is 0.868 bits per heavy atom. The van der Waals surface area contributed by atoms with Gasteiger partial charge in [-0.15, -0.1) is 0 Å². The molecule has 5 rings (SSSR count). The van der Waals surface area contributed by atoms with E-state index in [1.165, 1.54) is 0 Å². The molecule has 38 heavy (non-hydrogen) atoms. The lowest BCUT2D eigenvalue weighted by Crippen LogP contribution is -2.43.